The molecule has 1 aliphatic heterocycles. The fourth-order valence-electron chi connectivity index (χ4n) is 2.36. The Morgan fingerprint density at radius 1 is 1.39 bits per heavy atom. The molecule has 23 heavy (non-hydrogen) atoms. The lowest BCUT2D eigenvalue weighted by molar-refractivity contribution is -0.954. The van der Waals surface area contributed by atoms with Crippen LogP contribution in [0.25, 0.3) is 10.4 Å². The quantitative estimate of drug-likeness (QED) is 0.131. The second kappa shape index (κ2) is 7.67. The van der Waals surface area contributed by atoms with Crippen molar-refractivity contribution in [3.8, 4) is 0 Å². The molecule has 0 bridgehead atoms. The highest BCUT2D eigenvalue weighted by Gasteiger charge is 2.51. The Kier molecular flexibility index (Phi) is 6.66. The zero-order valence-electron chi connectivity index (χ0n) is 13.0. The lowest BCUT2D eigenvalue weighted by Gasteiger charge is -2.45. The molecule has 0 spiro atoms. The summed E-state index contributed by atoms with van der Waals surface area (Å²) in [5.41, 5.74) is 2.77. The Bertz CT molecular complexity index is 540. The summed E-state index contributed by atoms with van der Waals surface area (Å²) in [6.45, 7) is 2.26. The molecular weight excluding hydrogens is 339 g/mol. The van der Waals surface area contributed by atoms with E-state index in [4.69, 9.17) is 5.53 Å². The summed E-state index contributed by atoms with van der Waals surface area (Å²) in [5, 5.41) is 3.31. The van der Waals surface area contributed by atoms with E-state index < -0.39 is 21.9 Å². The smallest absolute Gasteiger partial charge is 0.298 e. The fraction of sp³-hybridized carbons (Fsp3) is 1.00. The van der Waals surface area contributed by atoms with E-state index in [0.717, 1.165) is 0 Å². The summed E-state index contributed by atoms with van der Waals surface area (Å²) in [6.07, 6.45) is -0.871. The van der Waals surface area contributed by atoms with Gasteiger partial charge >= 0.3 is 15.6 Å². The molecule has 0 aromatic rings. The van der Waals surface area contributed by atoms with Crippen LogP contribution in [-0.4, -0.2) is 76.4 Å². The van der Waals surface area contributed by atoms with Crippen molar-refractivity contribution >= 4 is 10.1 Å². The number of nitrogens with zero attached hydrogens (tertiary/aromatic N) is 5. The van der Waals surface area contributed by atoms with E-state index in [9.17, 15) is 21.6 Å². The molecule has 1 rings (SSSR count). The topological polar surface area (TPSA) is 95.4 Å². The first-order valence-corrected chi connectivity index (χ1v) is 8.46. The molecule has 8 nitrogen and oxygen atoms in total. The van der Waals surface area contributed by atoms with Crippen LogP contribution in [-0.2, 0) is 14.3 Å². The molecule has 1 atom stereocenters. The van der Waals surface area contributed by atoms with E-state index in [1.54, 1.807) is 7.05 Å². The highest BCUT2D eigenvalue weighted by molar-refractivity contribution is 7.87. The maximum absolute atomic E-state index is 12.6. The average Bonchev–Trinajstić information content (AvgIpc) is 2.44. The highest BCUT2D eigenvalue weighted by atomic mass is 32.2. The number of alkyl halides is 3. The summed E-state index contributed by atoms with van der Waals surface area (Å²) in [5.74, 6) is 0. The van der Waals surface area contributed by atoms with Gasteiger partial charge in [0.15, 0.2) is 0 Å². The lowest BCUT2D eigenvalue weighted by Crippen LogP contribution is -2.62. The van der Waals surface area contributed by atoms with Gasteiger partial charge in [-0.2, -0.15) is 21.6 Å². The van der Waals surface area contributed by atoms with Gasteiger partial charge in [-0.1, -0.05) is 5.11 Å². The predicted molar refractivity (Wildman–Crippen MR) is 76.5 cm³/mol. The molecule has 1 unspecified atom stereocenters. The minimum atomic E-state index is -5.67. The van der Waals surface area contributed by atoms with Crippen LogP contribution in [0.2, 0.25) is 0 Å². The van der Waals surface area contributed by atoms with E-state index in [1.165, 1.54) is 0 Å². The van der Waals surface area contributed by atoms with Crippen LogP contribution < -0.4 is 0 Å². The number of piperazine rings is 1. The Morgan fingerprint density at radius 3 is 2.43 bits per heavy atom. The molecule has 1 saturated heterocycles. The van der Waals surface area contributed by atoms with Crippen molar-refractivity contribution in [1.82, 2.24) is 4.90 Å². The van der Waals surface area contributed by atoms with Gasteiger partial charge in [0.25, 0.3) is 0 Å². The molecule has 0 aliphatic carbocycles. The van der Waals surface area contributed by atoms with E-state index >= 15 is 0 Å². The van der Waals surface area contributed by atoms with Crippen LogP contribution in [0.3, 0.4) is 0 Å². The fourth-order valence-corrected chi connectivity index (χ4v) is 3.06. The summed E-state index contributed by atoms with van der Waals surface area (Å²) in [7, 11) is -2.11. The SMILES string of the molecule is CN1CC[N+](C)(C(CCCN=[N+]=[N-])OS(=O)(=O)C(F)(F)F)CC1. The van der Waals surface area contributed by atoms with Crippen molar-refractivity contribution in [2.75, 3.05) is 46.8 Å². The molecule has 0 aromatic heterocycles. The van der Waals surface area contributed by atoms with E-state index in [-0.39, 0.29) is 23.9 Å². The first kappa shape index (κ1) is 20.0. The van der Waals surface area contributed by atoms with Crippen molar-refractivity contribution in [2.24, 2.45) is 5.11 Å². The predicted octanol–water partition coefficient (Wildman–Crippen LogP) is 1.66. The number of quaternary nitrogens is 1. The highest BCUT2D eigenvalue weighted by Crippen LogP contribution is 2.30. The average molecular weight is 360 g/mol. The van der Waals surface area contributed by atoms with Gasteiger partial charge in [-0.05, 0) is 19.0 Å². The summed E-state index contributed by atoms with van der Waals surface area (Å²) in [6, 6.07) is 0. The third kappa shape index (κ3) is 5.50. The molecule has 0 N–H and O–H groups in total. The van der Waals surface area contributed by atoms with E-state index in [0.29, 0.717) is 26.2 Å². The van der Waals surface area contributed by atoms with Crippen LogP contribution in [0, 0.1) is 0 Å². The molecule has 1 heterocycles. The van der Waals surface area contributed by atoms with E-state index in [2.05, 4.69) is 14.2 Å². The monoisotopic (exact) mass is 360 g/mol. The Morgan fingerprint density at radius 2 is 1.96 bits per heavy atom. The molecule has 0 radical (unpaired) electrons. The normalized spacial score (nSPS) is 20.7. The first-order valence-electron chi connectivity index (χ1n) is 7.05. The number of hydrogen-bond donors (Lipinski definition) is 0. The summed E-state index contributed by atoms with van der Waals surface area (Å²) < 4.78 is 65.1. The van der Waals surface area contributed by atoms with Crippen LogP contribution >= 0.6 is 0 Å². The second-order valence-corrected chi connectivity index (χ2v) is 7.34. The van der Waals surface area contributed by atoms with Gasteiger partial charge in [0.2, 0.25) is 6.23 Å². The molecule has 12 heteroatoms. The van der Waals surface area contributed by atoms with Crippen molar-refractivity contribution in [2.45, 2.75) is 24.6 Å². The number of halogens is 3. The standard InChI is InChI=1S/C11H21F3N5O3S/c1-18-6-8-19(2,9-7-18)10(4-3-5-16-17-15)22-23(20,21)11(12,13)14/h10H,3-9H2,1-2H3/q+1. The van der Waals surface area contributed by atoms with Crippen molar-refractivity contribution in [3.63, 3.8) is 0 Å². The molecule has 0 amide bonds. The Hall–Kier alpha value is -1.07. The number of azide groups is 1. The van der Waals surface area contributed by atoms with E-state index in [1.807, 2.05) is 11.9 Å². The van der Waals surface area contributed by atoms with Crippen LogP contribution in [0.5, 0.6) is 0 Å². The summed E-state index contributed by atoms with van der Waals surface area (Å²) >= 11 is 0. The molecular formula is C11H21F3N5O3S+. The van der Waals surface area contributed by atoms with Crippen molar-refractivity contribution < 1.29 is 30.3 Å². The van der Waals surface area contributed by atoms with Gasteiger partial charge < -0.3 is 0 Å². The molecule has 1 aliphatic rings. The van der Waals surface area contributed by atoms with Gasteiger partial charge in [-0.25, -0.2) is 4.18 Å². The maximum atomic E-state index is 12.6. The largest absolute Gasteiger partial charge is 0.523 e. The Labute approximate surface area is 133 Å². The molecule has 134 valence electrons. The van der Waals surface area contributed by atoms with Gasteiger partial charge in [-0.3, -0.25) is 9.38 Å². The van der Waals surface area contributed by atoms with Crippen molar-refractivity contribution in [3.05, 3.63) is 10.4 Å². The molecule has 1 fully saturated rings. The second-order valence-electron chi connectivity index (χ2n) is 5.78. The third-order valence-corrected chi connectivity index (χ3v) is 5.02. The van der Waals surface area contributed by atoms with Crippen LogP contribution in [0.1, 0.15) is 12.8 Å². The zero-order chi connectivity index (χ0) is 17.7. The Balaban J connectivity index is 2.90. The van der Waals surface area contributed by atoms with Gasteiger partial charge in [0.1, 0.15) is 0 Å². The third-order valence-electron chi connectivity index (χ3n) is 3.97. The number of hydrogen-bond acceptors (Lipinski definition) is 5. The minimum absolute atomic E-state index is 0.0501. The van der Waals surface area contributed by atoms with Crippen LogP contribution in [0.4, 0.5) is 13.2 Å². The molecule has 0 aromatic carbocycles. The maximum Gasteiger partial charge on any atom is 0.523 e. The first-order chi connectivity index (χ1) is 10.5. The van der Waals surface area contributed by atoms with Gasteiger partial charge in [0.05, 0.1) is 20.1 Å². The minimum Gasteiger partial charge on any atom is -0.298 e. The van der Waals surface area contributed by atoms with Crippen molar-refractivity contribution in [1.29, 1.82) is 0 Å². The number of rotatable bonds is 7. The van der Waals surface area contributed by atoms with Crippen LogP contribution in [0.15, 0.2) is 5.11 Å². The number of likely N-dealkylation sites (N-methyl/N-ethyl adjacent to an activating group) is 2. The zero-order valence-corrected chi connectivity index (χ0v) is 13.8. The lowest BCUT2D eigenvalue weighted by atomic mass is 10.2. The molecule has 0 saturated carbocycles. The summed E-state index contributed by atoms with van der Waals surface area (Å²) in [4.78, 5) is 4.57. The van der Waals surface area contributed by atoms with Gasteiger partial charge in [0, 0.05) is 31.0 Å². The van der Waals surface area contributed by atoms with Gasteiger partial charge in [-0.15, -0.1) is 0 Å².